The molecule has 2 heterocycles. The van der Waals surface area contributed by atoms with Crippen molar-refractivity contribution in [1.82, 2.24) is 4.90 Å². The number of thioether (sulfide) groups is 1. The summed E-state index contributed by atoms with van der Waals surface area (Å²) in [6.45, 7) is 0. The largest absolute Gasteiger partial charge is 0.493 e. The van der Waals surface area contributed by atoms with Gasteiger partial charge in [-0.3, -0.25) is 4.90 Å². The first kappa shape index (κ1) is 18.9. The number of fused-ring (bicyclic) bond motifs is 3. The van der Waals surface area contributed by atoms with Crippen molar-refractivity contribution in [1.29, 1.82) is 0 Å². The van der Waals surface area contributed by atoms with Gasteiger partial charge in [-0.1, -0.05) is 65.8 Å². The quantitative estimate of drug-likeness (QED) is 0.592. The zero-order valence-corrected chi connectivity index (χ0v) is 17.7. The lowest BCUT2D eigenvalue weighted by Gasteiger charge is -2.42. The zero-order chi connectivity index (χ0) is 20.6. The van der Waals surface area contributed by atoms with E-state index in [9.17, 15) is 0 Å². The summed E-state index contributed by atoms with van der Waals surface area (Å²) in [5, 5.41) is 4.57. The van der Waals surface area contributed by atoms with Crippen LogP contribution in [0.1, 0.15) is 16.7 Å². The van der Waals surface area contributed by atoms with Crippen molar-refractivity contribution in [3.63, 3.8) is 0 Å². The van der Waals surface area contributed by atoms with E-state index in [1.807, 2.05) is 36.4 Å². The van der Waals surface area contributed by atoms with E-state index in [1.165, 1.54) is 5.56 Å². The van der Waals surface area contributed by atoms with Crippen LogP contribution in [-0.2, 0) is 17.0 Å². The summed E-state index contributed by atoms with van der Waals surface area (Å²) >= 11 is 1.75. The molecular weight excluding hydrogens is 396 g/mol. The first-order valence-corrected chi connectivity index (χ1v) is 10.8. The number of oxime groups is 1. The van der Waals surface area contributed by atoms with E-state index >= 15 is 0 Å². The molecule has 2 aliphatic heterocycles. The molecule has 152 valence electrons. The number of hydrogen-bond donors (Lipinski definition) is 0. The second-order valence-corrected chi connectivity index (χ2v) is 8.21. The Kier molecular flexibility index (Phi) is 4.79. The lowest BCUT2D eigenvalue weighted by Crippen LogP contribution is -2.50. The van der Waals surface area contributed by atoms with Gasteiger partial charge >= 0.3 is 0 Å². The van der Waals surface area contributed by atoms with E-state index in [4.69, 9.17) is 14.3 Å². The molecule has 5 rings (SSSR count). The number of benzene rings is 3. The summed E-state index contributed by atoms with van der Waals surface area (Å²) in [6.07, 6.45) is 0.663. The van der Waals surface area contributed by atoms with E-state index in [0.717, 1.165) is 27.7 Å². The van der Waals surface area contributed by atoms with Crippen LogP contribution >= 0.6 is 11.8 Å². The highest BCUT2D eigenvalue weighted by atomic mass is 32.2. The van der Waals surface area contributed by atoms with Crippen LogP contribution < -0.4 is 9.47 Å². The second-order valence-electron chi connectivity index (χ2n) is 7.22. The summed E-state index contributed by atoms with van der Waals surface area (Å²) in [5.41, 5.74) is 2.51. The number of ether oxygens (including phenoxy) is 2. The SMILES string of the molecule is COc1cc2c(cc1OC)C1(Cc3ccccc3)ON=C(c3ccccc3)N1CS2. The molecule has 0 spiro atoms. The Morgan fingerprint density at radius 1 is 0.967 bits per heavy atom. The monoisotopic (exact) mass is 418 g/mol. The summed E-state index contributed by atoms with van der Waals surface area (Å²) < 4.78 is 11.1. The summed E-state index contributed by atoms with van der Waals surface area (Å²) in [6, 6.07) is 24.6. The molecule has 0 saturated heterocycles. The van der Waals surface area contributed by atoms with Gasteiger partial charge in [0.1, 0.15) is 0 Å². The average Bonchev–Trinajstić information content (AvgIpc) is 3.18. The number of rotatable bonds is 5. The van der Waals surface area contributed by atoms with Gasteiger partial charge in [-0.25, -0.2) is 0 Å². The number of hydrogen-bond acceptors (Lipinski definition) is 6. The Bertz CT molecular complexity index is 1090. The molecule has 0 bridgehead atoms. The van der Waals surface area contributed by atoms with Gasteiger partial charge in [-0.2, -0.15) is 0 Å². The maximum absolute atomic E-state index is 6.32. The molecule has 3 aromatic carbocycles. The zero-order valence-electron chi connectivity index (χ0n) is 16.9. The van der Waals surface area contributed by atoms with Gasteiger partial charge in [-0.05, 0) is 17.7 Å². The molecule has 0 fully saturated rings. The van der Waals surface area contributed by atoms with Crippen molar-refractivity contribution in [2.24, 2.45) is 5.16 Å². The van der Waals surface area contributed by atoms with Crippen LogP contribution in [0.2, 0.25) is 0 Å². The van der Waals surface area contributed by atoms with Crippen LogP contribution in [0.3, 0.4) is 0 Å². The molecule has 0 N–H and O–H groups in total. The third-order valence-electron chi connectivity index (χ3n) is 5.55. The Hall–Kier alpha value is -3.12. The number of methoxy groups -OCH3 is 2. The number of nitrogens with zero attached hydrogens (tertiary/aromatic N) is 2. The van der Waals surface area contributed by atoms with E-state index in [-0.39, 0.29) is 0 Å². The summed E-state index contributed by atoms with van der Waals surface area (Å²) in [4.78, 5) is 9.69. The molecule has 5 nitrogen and oxygen atoms in total. The van der Waals surface area contributed by atoms with E-state index in [2.05, 4.69) is 46.5 Å². The van der Waals surface area contributed by atoms with Gasteiger partial charge in [0.05, 0.1) is 20.1 Å². The highest BCUT2D eigenvalue weighted by Crippen LogP contribution is 2.51. The first-order chi connectivity index (χ1) is 14.7. The normalized spacial score (nSPS) is 19.4. The molecule has 6 heteroatoms. The van der Waals surface area contributed by atoms with Crippen molar-refractivity contribution in [2.75, 3.05) is 20.1 Å². The minimum Gasteiger partial charge on any atom is -0.493 e. The van der Waals surface area contributed by atoms with Crippen molar-refractivity contribution in [2.45, 2.75) is 17.0 Å². The predicted molar refractivity (Wildman–Crippen MR) is 118 cm³/mol. The van der Waals surface area contributed by atoms with E-state index in [1.54, 1.807) is 26.0 Å². The molecule has 0 radical (unpaired) electrons. The Morgan fingerprint density at radius 2 is 1.63 bits per heavy atom. The van der Waals surface area contributed by atoms with Crippen molar-refractivity contribution in [3.05, 3.63) is 89.5 Å². The molecule has 1 unspecified atom stereocenters. The van der Waals surface area contributed by atoms with Gasteiger partial charge < -0.3 is 14.3 Å². The molecule has 3 aromatic rings. The van der Waals surface area contributed by atoms with E-state index in [0.29, 0.717) is 17.9 Å². The van der Waals surface area contributed by atoms with Crippen LogP contribution in [-0.4, -0.2) is 30.8 Å². The van der Waals surface area contributed by atoms with Crippen LogP contribution in [0.15, 0.2) is 82.8 Å². The van der Waals surface area contributed by atoms with Crippen molar-refractivity contribution < 1.29 is 14.3 Å². The molecule has 30 heavy (non-hydrogen) atoms. The Labute approximate surface area is 180 Å². The fourth-order valence-electron chi connectivity index (χ4n) is 4.06. The van der Waals surface area contributed by atoms with Crippen molar-refractivity contribution >= 4 is 17.6 Å². The predicted octanol–water partition coefficient (Wildman–Crippen LogP) is 4.86. The molecular formula is C24H22N2O3S. The average molecular weight is 419 g/mol. The van der Waals surface area contributed by atoms with Crippen LogP contribution in [0.25, 0.3) is 0 Å². The minimum atomic E-state index is -0.743. The third kappa shape index (κ3) is 2.99. The molecule has 0 amide bonds. The molecule has 0 saturated carbocycles. The molecule has 0 aromatic heterocycles. The van der Waals surface area contributed by atoms with E-state index < -0.39 is 5.72 Å². The van der Waals surface area contributed by atoms with Crippen LogP contribution in [0.4, 0.5) is 0 Å². The Morgan fingerprint density at radius 3 is 2.33 bits per heavy atom. The minimum absolute atomic E-state index is 0.663. The standard InChI is InChI=1S/C24H22N2O3S/c1-27-20-13-19-22(14-21(20)28-2)30-16-26-23(18-11-7-4-8-12-18)25-29-24(19,26)15-17-9-5-3-6-10-17/h3-14H,15-16H2,1-2H3. The molecule has 1 atom stereocenters. The van der Waals surface area contributed by atoms with Gasteiger partial charge in [0.25, 0.3) is 0 Å². The second kappa shape index (κ2) is 7.61. The molecule has 0 aliphatic carbocycles. The Balaban J connectivity index is 1.65. The fraction of sp³-hybridized carbons (Fsp3) is 0.208. The summed E-state index contributed by atoms with van der Waals surface area (Å²) in [7, 11) is 3.32. The maximum Gasteiger partial charge on any atom is 0.243 e. The topological polar surface area (TPSA) is 43.3 Å². The van der Waals surface area contributed by atoms with Gasteiger partial charge in [0.2, 0.25) is 5.72 Å². The fourth-order valence-corrected chi connectivity index (χ4v) is 5.22. The van der Waals surface area contributed by atoms with Gasteiger partial charge in [-0.15, -0.1) is 11.8 Å². The lowest BCUT2D eigenvalue weighted by molar-refractivity contribution is -0.103. The maximum atomic E-state index is 6.32. The summed E-state index contributed by atoms with van der Waals surface area (Å²) in [5.74, 6) is 2.97. The smallest absolute Gasteiger partial charge is 0.243 e. The highest BCUT2D eigenvalue weighted by molar-refractivity contribution is 7.99. The lowest BCUT2D eigenvalue weighted by atomic mass is 9.92. The highest BCUT2D eigenvalue weighted by Gasteiger charge is 2.52. The van der Waals surface area contributed by atoms with Crippen molar-refractivity contribution in [3.8, 4) is 11.5 Å². The number of amidine groups is 1. The van der Waals surface area contributed by atoms with Gasteiger partial charge in [0, 0.05) is 22.4 Å². The van der Waals surface area contributed by atoms with Gasteiger partial charge in [0.15, 0.2) is 17.3 Å². The van der Waals surface area contributed by atoms with Crippen LogP contribution in [0, 0.1) is 0 Å². The van der Waals surface area contributed by atoms with Crippen LogP contribution in [0.5, 0.6) is 11.5 Å². The third-order valence-corrected chi connectivity index (χ3v) is 6.59. The molecule has 2 aliphatic rings. The first-order valence-electron chi connectivity index (χ1n) is 9.77.